The van der Waals surface area contributed by atoms with Crippen molar-refractivity contribution >= 4 is 27.4 Å². The minimum Gasteiger partial charge on any atom is -0.387 e. The molecule has 4 rings (SSSR count). The van der Waals surface area contributed by atoms with Gasteiger partial charge in [-0.05, 0) is 36.1 Å². The maximum Gasteiger partial charge on any atom is 0.225 e. The van der Waals surface area contributed by atoms with Crippen molar-refractivity contribution in [3.8, 4) is 11.1 Å². The number of rotatable bonds is 9. The van der Waals surface area contributed by atoms with Crippen molar-refractivity contribution in [3.05, 3.63) is 72.6 Å². The Morgan fingerprint density at radius 1 is 1.06 bits per heavy atom. The minimum atomic E-state index is -3.39. The minimum absolute atomic E-state index is 0.0149. The Kier molecular flexibility index (Phi) is 7.02. The molecule has 1 saturated heterocycles. The molecule has 2 aromatic carbocycles. The van der Waals surface area contributed by atoms with E-state index in [1.165, 1.54) is 0 Å². The number of nitrogens with one attached hydrogen (secondary N) is 1. The number of sulfone groups is 1. The van der Waals surface area contributed by atoms with Gasteiger partial charge in [0, 0.05) is 37.5 Å². The van der Waals surface area contributed by atoms with E-state index in [-0.39, 0.29) is 18.0 Å². The van der Waals surface area contributed by atoms with Crippen LogP contribution in [0, 0.1) is 5.41 Å². The molecule has 34 heavy (non-hydrogen) atoms. The standard InChI is InChI=1S/C25H27N5O3S/c26-24(27)14-21(31)10-9-18-5-4-6-19(13-18)20-15-28-25(29-16-20)30-12-11-23(17-30)34(32,33)22-7-2-1-3-8-22/h1-8,13,15-16,23H,9-12,14,17H2,(H3,26,27). The second kappa shape index (κ2) is 10.1. The van der Waals surface area contributed by atoms with Crippen LogP contribution in [-0.2, 0) is 21.1 Å². The first-order chi connectivity index (χ1) is 16.3. The van der Waals surface area contributed by atoms with Crippen LogP contribution in [-0.4, -0.2) is 48.3 Å². The smallest absolute Gasteiger partial charge is 0.225 e. The van der Waals surface area contributed by atoms with Crippen LogP contribution in [0.15, 0.2) is 71.9 Å². The zero-order valence-electron chi connectivity index (χ0n) is 18.7. The van der Waals surface area contributed by atoms with E-state index in [4.69, 9.17) is 11.1 Å². The van der Waals surface area contributed by atoms with Gasteiger partial charge in [0.25, 0.3) is 0 Å². The van der Waals surface area contributed by atoms with Gasteiger partial charge >= 0.3 is 0 Å². The monoisotopic (exact) mass is 477 g/mol. The highest BCUT2D eigenvalue weighted by molar-refractivity contribution is 7.92. The predicted octanol–water partition coefficient (Wildman–Crippen LogP) is 3.02. The summed E-state index contributed by atoms with van der Waals surface area (Å²) in [6.45, 7) is 0.945. The van der Waals surface area contributed by atoms with Gasteiger partial charge in [-0.15, -0.1) is 0 Å². The summed E-state index contributed by atoms with van der Waals surface area (Å²) in [7, 11) is -3.39. The average molecular weight is 478 g/mol. The number of amidine groups is 1. The lowest BCUT2D eigenvalue weighted by Gasteiger charge is -2.17. The molecule has 1 aliphatic heterocycles. The summed E-state index contributed by atoms with van der Waals surface area (Å²) in [5, 5.41) is 6.74. The predicted molar refractivity (Wildman–Crippen MR) is 132 cm³/mol. The number of hydrogen-bond donors (Lipinski definition) is 2. The van der Waals surface area contributed by atoms with Gasteiger partial charge < -0.3 is 10.6 Å². The number of nitrogens with zero attached hydrogens (tertiary/aromatic N) is 3. The van der Waals surface area contributed by atoms with Crippen LogP contribution in [0.5, 0.6) is 0 Å². The van der Waals surface area contributed by atoms with Gasteiger partial charge in [-0.1, -0.05) is 42.5 Å². The van der Waals surface area contributed by atoms with E-state index in [1.807, 2.05) is 29.2 Å². The fraction of sp³-hybridized carbons (Fsp3) is 0.280. The molecule has 0 aliphatic carbocycles. The zero-order chi connectivity index (χ0) is 24.1. The lowest BCUT2D eigenvalue weighted by atomic mass is 10.0. The summed E-state index contributed by atoms with van der Waals surface area (Å²) in [4.78, 5) is 23.1. The second-order valence-corrected chi connectivity index (χ2v) is 10.7. The number of benzene rings is 2. The third-order valence-corrected chi connectivity index (χ3v) is 8.11. The van der Waals surface area contributed by atoms with Gasteiger partial charge in [-0.3, -0.25) is 10.2 Å². The summed E-state index contributed by atoms with van der Waals surface area (Å²) in [6, 6.07) is 16.4. The lowest BCUT2D eigenvalue weighted by molar-refractivity contribution is -0.117. The lowest BCUT2D eigenvalue weighted by Crippen LogP contribution is -2.28. The zero-order valence-corrected chi connectivity index (χ0v) is 19.5. The van der Waals surface area contributed by atoms with Gasteiger partial charge in [0.05, 0.1) is 22.4 Å². The van der Waals surface area contributed by atoms with Crippen LogP contribution in [0.4, 0.5) is 5.95 Å². The van der Waals surface area contributed by atoms with E-state index in [0.717, 1.165) is 16.7 Å². The Balaban J connectivity index is 1.41. The maximum atomic E-state index is 12.9. The average Bonchev–Trinajstić information content (AvgIpc) is 3.35. The molecule has 0 spiro atoms. The van der Waals surface area contributed by atoms with Crippen LogP contribution < -0.4 is 10.6 Å². The number of nitrogens with two attached hydrogens (primary N) is 1. The van der Waals surface area contributed by atoms with Gasteiger partial charge in [0.2, 0.25) is 5.95 Å². The van der Waals surface area contributed by atoms with Crippen molar-refractivity contribution in [1.29, 1.82) is 5.41 Å². The number of ketones is 1. The number of anilines is 1. The van der Waals surface area contributed by atoms with Crippen molar-refractivity contribution in [3.63, 3.8) is 0 Å². The quantitative estimate of drug-likeness (QED) is 0.358. The van der Waals surface area contributed by atoms with Crippen molar-refractivity contribution in [2.24, 2.45) is 5.73 Å². The molecule has 0 bridgehead atoms. The Morgan fingerprint density at radius 2 is 1.79 bits per heavy atom. The van der Waals surface area contributed by atoms with E-state index in [9.17, 15) is 13.2 Å². The van der Waals surface area contributed by atoms with Crippen molar-refractivity contribution in [2.75, 3.05) is 18.0 Å². The first-order valence-corrected chi connectivity index (χ1v) is 12.7. The molecule has 1 aliphatic rings. The highest BCUT2D eigenvalue weighted by Crippen LogP contribution is 2.27. The number of Topliss-reactive ketones (excluding diaryl/α,β-unsaturated/α-hetero) is 1. The highest BCUT2D eigenvalue weighted by Gasteiger charge is 2.35. The van der Waals surface area contributed by atoms with Crippen LogP contribution >= 0.6 is 0 Å². The van der Waals surface area contributed by atoms with Gasteiger partial charge in [-0.25, -0.2) is 18.4 Å². The molecule has 1 unspecified atom stereocenters. The van der Waals surface area contributed by atoms with E-state index < -0.39 is 15.1 Å². The van der Waals surface area contributed by atoms with Gasteiger partial charge in [-0.2, -0.15) is 0 Å². The molecule has 9 heteroatoms. The van der Waals surface area contributed by atoms with E-state index in [2.05, 4.69) is 9.97 Å². The fourth-order valence-corrected chi connectivity index (χ4v) is 5.80. The Hall–Kier alpha value is -3.59. The molecule has 0 saturated carbocycles. The number of carbonyl (C=O) groups is 1. The Morgan fingerprint density at radius 3 is 2.50 bits per heavy atom. The van der Waals surface area contributed by atoms with Crippen molar-refractivity contribution in [1.82, 2.24) is 9.97 Å². The highest BCUT2D eigenvalue weighted by atomic mass is 32.2. The summed E-state index contributed by atoms with van der Waals surface area (Å²) >= 11 is 0. The third kappa shape index (κ3) is 5.48. The summed E-state index contributed by atoms with van der Waals surface area (Å²) in [6.07, 6.45) is 4.90. The summed E-state index contributed by atoms with van der Waals surface area (Å²) in [5.74, 6) is 0.349. The maximum absolute atomic E-state index is 12.9. The van der Waals surface area contributed by atoms with E-state index in [1.54, 1.807) is 42.7 Å². The number of hydrogen-bond acceptors (Lipinski definition) is 7. The SMILES string of the molecule is N=C(N)CC(=O)CCc1cccc(-c2cnc(N3CCC(S(=O)(=O)c4ccccc4)C3)nc2)c1. The molecule has 0 amide bonds. The van der Waals surface area contributed by atoms with Gasteiger partial charge in [0.15, 0.2) is 9.84 Å². The molecule has 176 valence electrons. The first-order valence-electron chi connectivity index (χ1n) is 11.1. The molecule has 8 nitrogen and oxygen atoms in total. The van der Waals surface area contributed by atoms with Crippen molar-refractivity contribution in [2.45, 2.75) is 35.8 Å². The molecular formula is C25H27N5O3S. The molecule has 3 aromatic rings. The molecule has 1 aromatic heterocycles. The van der Waals surface area contributed by atoms with E-state index >= 15 is 0 Å². The normalized spacial score (nSPS) is 15.9. The van der Waals surface area contributed by atoms with Crippen LogP contribution in [0.3, 0.4) is 0 Å². The van der Waals surface area contributed by atoms with E-state index in [0.29, 0.717) is 43.2 Å². The molecule has 3 N–H and O–H groups in total. The largest absolute Gasteiger partial charge is 0.387 e. The van der Waals surface area contributed by atoms with Crippen LogP contribution in [0.25, 0.3) is 11.1 Å². The first kappa shape index (κ1) is 23.6. The topological polar surface area (TPSA) is 130 Å². The second-order valence-electron chi connectivity index (χ2n) is 8.43. The van der Waals surface area contributed by atoms with Crippen molar-refractivity contribution < 1.29 is 13.2 Å². The molecule has 1 atom stereocenters. The summed E-state index contributed by atoms with van der Waals surface area (Å²) in [5.41, 5.74) is 8.08. The Labute approximate surface area is 199 Å². The Bertz CT molecular complexity index is 1280. The molecular weight excluding hydrogens is 450 g/mol. The van der Waals surface area contributed by atoms with Crippen LogP contribution in [0.2, 0.25) is 0 Å². The van der Waals surface area contributed by atoms with Crippen LogP contribution in [0.1, 0.15) is 24.8 Å². The molecule has 0 radical (unpaired) electrons. The van der Waals surface area contributed by atoms with Gasteiger partial charge in [0.1, 0.15) is 5.78 Å². The molecule has 2 heterocycles. The third-order valence-electron chi connectivity index (χ3n) is 5.92. The number of aromatic nitrogens is 2. The molecule has 1 fully saturated rings. The number of carbonyl (C=O) groups excluding carboxylic acids is 1. The summed E-state index contributed by atoms with van der Waals surface area (Å²) < 4.78 is 25.8. The fourth-order valence-electron chi connectivity index (χ4n) is 4.09. The number of aryl methyl sites for hydroxylation is 1.